The van der Waals surface area contributed by atoms with Crippen molar-refractivity contribution in [2.45, 2.75) is 44.9 Å². The zero-order valence-corrected chi connectivity index (χ0v) is 19.3. The van der Waals surface area contributed by atoms with Crippen LogP contribution < -0.4 is 4.72 Å². The van der Waals surface area contributed by atoms with Gasteiger partial charge in [0.25, 0.3) is 0 Å². The van der Waals surface area contributed by atoms with Gasteiger partial charge < -0.3 is 0 Å². The quantitative estimate of drug-likeness (QED) is 0.739. The van der Waals surface area contributed by atoms with E-state index in [0.717, 1.165) is 18.2 Å². The number of hydrogen-bond donors (Lipinski definition) is 1. The van der Waals surface area contributed by atoms with E-state index in [9.17, 15) is 18.0 Å². The Morgan fingerprint density at radius 1 is 1.27 bits per heavy atom. The van der Waals surface area contributed by atoms with Crippen molar-refractivity contribution in [3.8, 4) is 0 Å². The number of rotatable bonds is 5. The summed E-state index contributed by atoms with van der Waals surface area (Å²) in [6.45, 7) is 6.15. The molecule has 1 N–H and O–H groups in total. The average molecular weight is 453 g/mol. The number of sulfonamides is 1. The number of thioether (sulfide) groups is 1. The highest BCUT2D eigenvalue weighted by atomic mass is 32.2. The van der Waals surface area contributed by atoms with Gasteiger partial charge in [0, 0.05) is 31.3 Å². The molecule has 1 aromatic carbocycles. The number of hydrogen-bond acceptors (Lipinski definition) is 6. The number of carbonyl (C=O) groups is 2. The summed E-state index contributed by atoms with van der Waals surface area (Å²) in [7, 11) is -3.39. The molecule has 164 valence electrons. The Morgan fingerprint density at radius 3 is 2.47 bits per heavy atom. The van der Waals surface area contributed by atoms with Gasteiger partial charge in [-0.2, -0.15) is 0 Å². The van der Waals surface area contributed by atoms with Gasteiger partial charge in [-0.25, -0.2) is 18.1 Å². The molecular formula is C20H28N4O4S2. The molecule has 0 bridgehead atoms. The smallest absolute Gasteiger partial charge is 0.249 e. The van der Waals surface area contributed by atoms with Crippen molar-refractivity contribution < 1.29 is 18.0 Å². The lowest BCUT2D eigenvalue weighted by Gasteiger charge is -2.38. The summed E-state index contributed by atoms with van der Waals surface area (Å²) < 4.78 is 25.8. The lowest BCUT2D eigenvalue weighted by molar-refractivity contribution is -0.143. The van der Waals surface area contributed by atoms with Crippen LogP contribution in [0, 0.1) is 5.41 Å². The monoisotopic (exact) mass is 452 g/mol. The number of nitrogens with zero attached hydrogens (tertiary/aromatic N) is 3. The minimum atomic E-state index is -3.39. The summed E-state index contributed by atoms with van der Waals surface area (Å²) in [4.78, 5) is 26.5. The number of amides is 2. The molecule has 1 atom stereocenters. The number of nitrogens with one attached hydrogen (secondary N) is 1. The minimum absolute atomic E-state index is 0.0115. The van der Waals surface area contributed by atoms with Crippen LogP contribution in [0.4, 0.5) is 0 Å². The fourth-order valence-electron chi connectivity index (χ4n) is 3.45. The highest BCUT2D eigenvalue weighted by Crippen LogP contribution is 2.50. The second kappa shape index (κ2) is 8.32. The predicted molar refractivity (Wildman–Crippen MR) is 118 cm³/mol. The van der Waals surface area contributed by atoms with E-state index in [0.29, 0.717) is 24.6 Å². The van der Waals surface area contributed by atoms with E-state index in [1.165, 1.54) is 16.8 Å². The first-order chi connectivity index (χ1) is 13.9. The number of likely N-dealkylation sites (tertiary alicyclic amines) is 1. The molecule has 1 saturated heterocycles. The van der Waals surface area contributed by atoms with E-state index < -0.39 is 20.3 Å². The molecule has 2 aliphatic heterocycles. The van der Waals surface area contributed by atoms with Crippen LogP contribution >= 0.6 is 11.8 Å². The Bertz CT molecular complexity index is 957. The SMILES string of the molecule is CC(C)(C)C(=O)N1N=C(N2CCCC2=O)SC1(CCNS(C)(=O)=O)c1ccccc1. The van der Waals surface area contributed by atoms with Crippen LogP contribution in [0.3, 0.4) is 0 Å². The summed E-state index contributed by atoms with van der Waals surface area (Å²) in [5.74, 6) is -0.206. The number of benzene rings is 1. The molecular weight excluding hydrogens is 424 g/mol. The molecule has 0 radical (unpaired) electrons. The van der Waals surface area contributed by atoms with Crippen molar-refractivity contribution >= 4 is 38.8 Å². The van der Waals surface area contributed by atoms with Gasteiger partial charge in [-0.05, 0) is 12.0 Å². The Hall–Kier alpha value is -1.91. The molecule has 0 aliphatic carbocycles. The van der Waals surface area contributed by atoms with Crippen LogP contribution in [-0.2, 0) is 24.5 Å². The first kappa shape index (κ1) is 22.8. The van der Waals surface area contributed by atoms with E-state index in [2.05, 4.69) is 9.82 Å². The van der Waals surface area contributed by atoms with Gasteiger partial charge in [0.15, 0.2) is 5.17 Å². The van der Waals surface area contributed by atoms with Crippen molar-refractivity contribution in [3.05, 3.63) is 35.9 Å². The van der Waals surface area contributed by atoms with Crippen LogP contribution in [0.25, 0.3) is 0 Å². The maximum absolute atomic E-state index is 13.4. The van der Waals surface area contributed by atoms with Gasteiger partial charge in [0.1, 0.15) is 4.87 Å². The number of carbonyl (C=O) groups excluding carboxylic acids is 2. The van der Waals surface area contributed by atoms with Crippen molar-refractivity contribution in [2.75, 3.05) is 19.3 Å². The molecule has 0 saturated carbocycles. The molecule has 30 heavy (non-hydrogen) atoms. The average Bonchev–Trinajstić information content (AvgIpc) is 3.24. The van der Waals surface area contributed by atoms with E-state index in [1.54, 1.807) is 4.90 Å². The third-order valence-electron chi connectivity index (χ3n) is 4.98. The highest BCUT2D eigenvalue weighted by molar-refractivity contribution is 8.14. The first-order valence-corrected chi connectivity index (χ1v) is 12.6. The van der Waals surface area contributed by atoms with Crippen molar-refractivity contribution in [1.82, 2.24) is 14.6 Å². The van der Waals surface area contributed by atoms with Gasteiger partial charge in [-0.1, -0.05) is 62.9 Å². The van der Waals surface area contributed by atoms with E-state index in [-0.39, 0.29) is 18.4 Å². The van der Waals surface area contributed by atoms with E-state index in [4.69, 9.17) is 0 Å². The second-order valence-corrected chi connectivity index (χ2v) is 11.6. The largest absolute Gasteiger partial charge is 0.290 e. The Kier molecular flexibility index (Phi) is 6.31. The third-order valence-corrected chi connectivity index (χ3v) is 7.14. The highest BCUT2D eigenvalue weighted by Gasteiger charge is 2.52. The molecule has 1 aromatic rings. The molecule has 10 heteroatoms. The fourth-order valence-corrected chi connectivity index (χ4v) is 5.32. The summed E-state index contributed by atoms with van der Waals surface area (Å²) in [5.41, 5.74) is 0.118. The maximum atomic E-state index is 13.4. The van der Waals surface area contributed by atoms with E-state index in [1.807, 2.05) is 51.1 Å². The lowest BCUT2D eigenvalue weighted by Crippen LogP contribution is -2.47. The van der Waals surface area contributed by atoms with E-state index >= 15 is 0 Å². The van der Waals surface area contributed by atoms with Crippen molar-refractivity contribution in [2.24, 2.45) is 10.5 Å². The molecule has 2 heterocycles. The van der Waals surface area contributed by atoms with Crippen LogP contribution in [0.2, 0.25) is 0 Å². The second-order valence-electron chi connectivity index (χ2n) is 8.57. The van der Waals surface area contributed by atoms with Crippen LogP contribution in [-0.4, -0.2) is 54.7 Å². The third kappa shape index (κ3) is 4.70. The lowest BCUT2D eigenvalue weighted by atomic mass is 9.93. The first-order valence-electron chi connectivity index (χ1n) is 9.87. The standard InChI is InChI=1S/C20H28N4O4S2/c1-19(2,3)17(26)24-20(12-13-21-30(4,27)28,15-9-6-5-7-10-15)29-18(22-24)23-14-8-11-16(23)25/h5-7,9-10,21H,8,11-14H2,1-4H3. The topological polar surface area (TPSA) is 99.2 Å². The molecule has 3 rings (SSSR count). The summed E-state index contributed by atoms with van der Waals surface area (Å²) in [6.07, 6.45) is 2.61. The molecule has 0 aromatic heterocycles. The van der Waals surface area contributed by atoms with Gasteiger partial charge in [-0.3, -0.25) is 14.5 Å². The predicted octanol–water partition coefficient (Wildman–Crippen LogP) is 2.29. The summed E-state index contributed by atoms with van der Waals surface area (Å²) in [5, 5.41) is 6.56. The van der Waals surface area contributed by atoms with Crippen LogP contribution in [0.15, 0.2) is 35.4 Å². The zero-order chi connectivity index (χ0) is 22.2. The molecule has 2 aliphatic rings. The molecule has 1 fully saturated rings. The Balaban J connectivity index is 2.06. The fraction of sp³-hybridized carbons (Fsp3) is 0.550. The molecule has 0 spiro atoms. The number of hydrazone groups is 1. The molecule has 1 unspecified atom stereocenters. The molecule has 8 nitrogen and oxygen atoms in total. The summed E-state index contributed by atoms with van der Waals surface area (Å²) >= 11 is 1.34. The minimum Gasteiger partial charge on any atom is -0.290 e. The normalized spacial score (nSPS) is 22.5. The Morgan fingerprint density at radius 2 is 1.93 bits per heavy atom. The van der Waals surface area contributed by atoms with Gasteiger partial charge in [0.05, 0.1) is 6.26 Å². The van der Waals surface area contributed by atoms with Crippen molar-refractivity contribution in [1.29, 1.82) is 0 Å². The van der Waals surface area contributed by atoms with Gasteiger partial charge >= 0.3 is 0 Å². The maximum Gasteiger partial charge on any atom is 0.249 e. The van der Waals surface area contributed by atoms with Crippen molar-refractivity contribution in [3.63, 3.8) is 0 Å². The summed E-state index contributed by atoms with van der Waals surface area (Å²) in [6, 6.07) is 9.44. The van der Waals surface area contributed by atoms with Gasteiger partial charge in [0.2, 0.25) is 21.8 Å². The molecule has 2 amide bonds. The number of amidine groups is 1. The van der Waals surface area contributed by atoms with Crippen LogP contribution in [0.1, 0.15) is 45.6 Å². The zero-order valence-electron chi connectivity index (χ0n) is 17.7. The van der Waals surface area contributed by atoms with Gasteiger partial charge in [-0.15, -0.1) is 5.10 Å². The van der Waals surface area contributed by atoms with Crippen LogP contribution in [0.5, 0.6) is 0 Å². The Labute approximate surface area is 182 Å².